The quantitative estimate of drug-likeness (QED) is 0.859. The normalized spacial score (nSPS) is 10.5. The fourth-order valence-corrected chi connectivity index (χ4v) is 2.11. The highest BCUT2D eigenvalue weighted by Gasteiger charge is 2.13. The summed E-state index contributed by atoms with van der Waals surface area (Å²) in [6.07, 6.45) is 0. The predicted molar refractivity (Wildman–Crippen MR) is 68.3 cm³/mol. The maximum Gasteiger partial charge on any atom is 0.117 e. The Bertz CT molecular complexity index is 520. The number of anilines is 1. The molecule has 0 aliphatic carbocycles. The minimum absolute atomic E-state index is 0.593. The Morgan fingerprint density at radius 1 is 1.31 bits per heavy atom. The molecule has 0 aliphatic heterocycles. The number of H-pyrrole nitrogens is 1. The lowest BCUT2D eigenvalue weighted by Crippen LogP contribution is -1.91. The monoisotopic (exact) mass is 255 g/mol. The van der Waals surface area contributed by atoms with Gasteiger partial charge < -0.3 is 5.32 Å². The molecule has 0 spiro atoms. The van der Waals surface area contributed by atoms with Crippen molar-refractivity contribution in [3.05, 3.63) is 33.9 Å². The Labute approximate surface area is 104 Å². The van der Waals surface area contributed by atoms with E-state index in [9.17, 15) is 0 Å². The van der Waals surface area contributed by atoms with Crippen LogP contribution in [0, 0.1) is 6.92 Å². The third-order valence-electron chi connectivity index (χ3n) is 2.38. The van der Waals surface area contributed by atoms with E-state index in [1.54, 1.807) is 12.1 Å². The van der Waals surface area contributed by atoms with Crippen molar-refractivity contribution in [2.45, 2.75) is 6.92 Å². The van der Waals surface area contributed by atoms with E-state index in [1.807, 2.05) is 20.0 Å². The summed E-state index contributed by atoms with van der Waals surface area (Å²) in [6, 6.07) is 5.37. The molecule has 1 aromatic heterocycles. The molecule has 2 N–H and O–H groups in total. The summed E-state index contributed by atoms with van der Waals surface area (Å²) >= 11 is 12.0. The minimum atomic E-state index is 0.593. The summed E-state index contributed by atoms with van der Waals surface area (Å²) in [6.45, 7) is 1.95. The standard InChI is InChI=1S/C11H11Cl2N3/c1-6-10(14-2)11(16-15-6)8-4-3-7(12)5-9(8)13/h3-5,14H,1-2H3,(H,15,16). The predicted octanol–water partition coefficient (Wildman–Crippen LogP) is 3.73. The Balaban J connectivity index is 2.58. The first-order chi connectivity index (χ1) is 7.63. The molecule has 1 heterocycles. The number of aromatic nitrogens is 2. The lowest BCUT2D eigenvalue weighted by atomic mass is 10.1. The molecule has 0 fully saturated rings. The molecule has 0 saturated heterocycles. The second kappa shape index (κ2) is 4.36. The zero-order chi connectivity index (χ0) is 11.7. The molecule has 3 nitrogen and oxygen atoms in total. The maximum atomic E-state index is 6.14. The van der Waals surface area contributed by atoms with E-state index >= 15 is 0 Å². The summed E-state index contributed by atoms with van der Waals surface area (Å²) in [5.41, 5.74) is 3.59. The number of aromatic amines is 1. The van der Waals surface area contributed by atoms with Gasteiger partial charge in [0, 0.05) is 17.6 Å². The van der Waals surface area contributed by atoms with Crippen molar-refractivity contribution < 1.29 is 0 Å². The number of nitrogens with one attached hydrogen (secondary N) is 2. The van der Waals surface area contributed by atoms with Gasteiger partial charge in [-0.2, -0.15) is 5.10 Å². The van der Waals surface area contributed by atoms with E-state index in [2.05, 4.69) is 15.5 Å². The van der Waals surface area contributed by atoms with Crippen molar-refractivity contribution in [2.75, 3.05) is 12.4 Å². The van der Waals surface area contributed by atoms with Gasteiger partial charge in [-0.3, -0.25) is 5.10 Å². The average Bonchev–Trinajstić information content (AvgIpc) is 2.59. The third kappa shape index (κ3) is 1.88. The van der Waals surface area contributed by atoms with Crippen molar-refractivity contribution in [3.8, 4) is 11.3 Å². The summed E-state index contributed by atoms with van der Waals surface area (Å²) in [5, 5.41) is 11.5. The number of aryl methyl sites for hydroxylation is 1. The first kappa shape index (κ1) is 11.3. The first-order valence-electron chi connectivity index (χ1n) is 4.81. The Hall–Kier alpha value is -1.19. The number of nitrogens with zero attached hydrogens (tertiary/aromatic N) is 1. The van der Waals surface area contributed by atoms with Gasteiger partial charge in [0.1, 0.15) is 5.69 Å². The smallest absolute Gasteiger partial charge is 0.117 e. The molecular formula is C11H11Cl2N3. The molecule has 0 aliphatic rings. The first-order valence-corrected chi connectivity index (χ1v) is 5.57. The van der Waals surface area contributed by atoms with Gasteiger partial charge in [-0.15, -0.1) is 0 Å². The lowest BCUT2D eigenvalue weighted by molar-refractivity contribution is 1.05. The summed E-state index contributed by atoms with van der Waals surface area (Å²) < 4.78 is 0. The van der Waals surface area contributed by atoms with Gasteiger partial charge in [0.2, 0.25) is 0 Å². The highest BCUT2D eigenvalue weighted by molar-refractivity contribution is 6.36. The fraction of sp³-hybridized carbons (Fsp3) is 0.182. The van der Waals surface area contributed by atoms with Gasteiger partial charge in [-0.05, 0) is 25.1 Å². The van der Waals surface area contributed by atoms with Crippen molar-refractivity contribution in [1.29, 1.82) is 0 Å². The minimum Gasteiger partial charge on any atom is -0.385 e. The molecule has 16 heavy (non-hydrogen) atoms. The highest BCUT2D eigenvalue weighted by Crippen LogP contribution is 2.34. The van der Waals surface area contributed by atoms with Gasteiger partial charge in [0.25, 0.3) is 0 Å². The molecule has 2 aromatic rings. The van der Waals surface area contributed by atoms with Gasteiger partial charge in [0.15, 0.2) is 0 Å². The van der Waals surface area contributed by atoms with Crippen molar-refractivity contribution in [1.82, 2.24) is 10.2 Å². The lowest BCUT2D eigenvalue weighted by Gasteiger charge is -2.05. The number of hydrogen-bond donors (Lipinski definition) is 2. The third-order valence-corrected chi connectivity index (χ3v) is 2.93. The van der Waals surface area contributed by atoms with Crippen LogP contribution in [-0.4, -0.2) is 17.2 Å². The zero-order valence-corrected chi connectivity index (χ0v) is 10.4. The van der Waals surface area contributed by atoms with Crippen LogP contribution in [0.5, 0.6) is 0 Å². The Morgan fingerprint density at radius 2 is 2.06 bits per heavy atom. The summed E-state index contributed by atoms with van der Waals surface area (Å²) in [5.74, 6) is 0. The number of rotatable bonds is 2. The highest BCUT2D eigenvalue weighted by atomic mass is 35.5. The Morgan fingerprint density at radius 3 is 2.69 bits per heavy atom. The number of benzene rings is 1. The van der Waals surface area contributed by atoms with Gasteiger partial charge in [-0.1, -0.05) is 23.2 Å². The average molecular weight is 256 g/mol. The van der Waals surface area contributed by atoms with Crippen molar-refractivity contribution in [3.63, 3.8) is 0 Å². The van der Waals surface area contributed by atoms with Crippen LogP contribution in [0.1, 0.15) is 5.69 Å². The van der Waals surface area contributed by atoms with Gasteiger partial charge >= 0.3 is 0 Å². The molecule has 0 amide bonds. The van der Waals surface area contributed by atoms with E-state index in [4.69, 9.17) is 23.2 Å². The molecule has 0 bridgehead atoms. The molecule has 0 saturated carbocycles. The maximum absolute atomic E-state index is 6.14. The van der Waals surface area contributed by atoms with Gasteiger partial charge in [0.05, 0.1) is 16.4 Å². The number of hydrogen-bond acceptors (Lipinski definition) is 2. The van der Waals surface area contributed by atoms with Crippen molar-refractivity contribution in [2.24, 2.45) is 0 Å². The molecule has 2 rings (SSSR count). The van der Waals surface area contributed by atoms with Crippen LogP contribution in [0.25, 0.3) is 11.3 Å². The van der Waals surface area contributed by atoms with E-state index < -0.39 is 0 Å². The largest absolute Gasteiger partial charge is 0.385 e. The molecule has 1 aromatic carbocycles. The topological polar surface area (TPSA) is 40.7 Å². The SMILES string of the molecule is CNc1c(-c2ccc(Cl)cc2Cl)n[nH]c1C. The molecule has 0 unspecified atom stereocenters. The van der Waals surface area contributed by atoms with Crippen LogP contribution in [0.4, 0.5) is 5.69 Å². The van der Waals surface area contributed by atoms with E-state index in [1.165, 1.54) is 0 Å². The summed E-state index contributed by atoms with van der Waals surface area (Å²) in [7, 11) is 1.85. The molecule has 84 valence electrons. The fourth-order valence-electron chi connectivity index (χ4n) is 1.61. The van der Waals surface area contributed by atoms with Crippen LogP contribution in [0.2, 0.25) is 10.0 Å². The van der Waals surface area contributed by atoms with Gasteiger partial charge in [-0.25, -0.2) is 0 Å². The zero-order valence-electron chi connectivity index (χ0n) is 8.94. The van der Waals surface area contributed by atoms with Crippen LogP contribution < -0.4 is 5.32 Å². The number of halogens is 2. The van der Waals surface area contributed by atoms with E-state index in [-0.39, 0.29) is 0 Å². The van der Waals surface area contributed by atoms with Crippen LogP contribution in [0.15, 0.2) is 18.2 Å². The van der Waals surface area contributed by atoms with Crippen LogP contribution in [0.3, 0.4) is 0 Å². The van der Waals surface area contributed by atoms with Crippen LogP contribution in [-0.2, 0) is 0 Å². The second-order valence-corrected chi connectivity index (χ2v) is 4.29. The molecule has 0 radical (unpaired) electrons. The Kier molecular flexibility index (Phi) is 3.08. The van der Waals surface area contributed by atoms with E-state index in [0.29, 0.717) is 10.0 Å². The molecule has 0 atom stereocenters. The van der Waals surface area contributed by atoms with Crippen molar-refractivity contribution >= 4 is 28.9 Å². The molecular weight excluding hydrogens is 245 g/mol. The van der Waals surface area contributed by atoms with E-state index in [0.717, 1.165) is 22.6 Å². The summed E-state index contributed by atoms with van der Waals surface area (Å²) in [4.78, 5) is 0. The molecule has 5 heteroatoms. The second-order valence-electron chi connectivity index (χ2n) is 3.45. The van der Waals surface area contributed by atoms with Crippen LogP contribution >= 0.6 is 23.2 Å².